The van der Waals surface area contributed by atoms with Crippen LogP contribution in [0.3, 0.4) is 0 Å². The van der Waals surface area contributed by atoms with Crippen molar-refractivity contribution in [1.29, 1.82) is 0 Å². The largest absolute Gasteiger partial charge is 0.483 e. The SMILES string of the molecule is Cc1cccc(OCC(=O)Nc2cc(Cl)ccc2N2CCN(C(=O)/C=C/c3ccccc3)CC2)c1C. The molecule has 0 saturated carbocycles. The molecule has 0 bridgehead atoms. The minimum Gasteiger partial charge on any atom is -0.483 e. The van der Waals surface area contributed by atoms with Crippen molar-refractivity contribution in [3.05, 3.63) is 94.5 Å². The summed E-state index contributed by atoms with van der Waals surface area (Å²) in [5, 5.41) is 3.48. The first kappa shape index (κ1) is 25.3. The van der Waals surface area contributed by atoms with Crippen LogP contribution in [-0.2, 0) is 9.59 Å². The number of amides is 2. The number of aryl methyl sites for hydroxylation is 1. The Morgan fingerprint density at radius 3 is 2.47 bits per heavy atom. The molecule has 0 unspecified atom stereocenters. The fraction of sp³-hybridized carbons (Fsp3) is 0.241. The third-order valence-electron chi connectivity index (χ3n) is 6.30. The van der Waals surface area contributed by atoms with Gasteiger partial charge >= 0.3 is 0 Å². The standard InChI is InChI=1S/C29H30ClN3O3/c1-21-7-6-10-27(22(21)2)36-20-28(34)31-25-19-24(30)12-13-26(25)32-15-17-33(18-16-32)29(35)14-11-23-8-4-3-5-9-23/h3-14,19H,15-18,20H2,1-2H3,(H,31,34)/b14-11+. The van der Waals surface area contributed by atoms with Crippen molar-refractivity contribution in [3.8, 4) is 5.75 Å². The molecule has 1 aliphatic heterocycles. The number of benzene rings is 3. The average Bonchev–Trinajstić information content (AvgIpc) is 2.89. The zero-order chi connectivity index (χ0) is 25.5. The number of hydrogen-bond donors (Lipinski definition) is 1. The fourth-order valence-electron chi connectivity index (χ4n) is 4.10. The number of rotatable bonds is 7. The summed E-state index contributed by atoms with van der Waals surface area (Å²) < 4.78 is 5.75. The van der Waals surface area contributed by atoms with Gasteiger partial charge in [-0.05, 0) is 60.9 Å². The summed E-state index contributed by atoms with van der Waals surface area (Å²) in [6.07, 6.45) is 3.46. The maximum absolute atomic E-state index is 12.7. The van der Waals surface area contributed by atoms with Crippen LogP contribution in [-0.4, -0.2) is 49.5 Å². The van der Waals surface area contributed by atoms with Crippen molar-refractivity contribution in [2.24, 2.45) is 0 Å². The van der Waals surface area contributed by atoms with Crippen LogP contribution in [0.1, 0.15) is 16.7 Å². The van der Waals surface area contributed by atoms with Crippen LogP contribution in [0.2, 0.25) is 5.02 Å². The number of halogens is 1. The van der Waals surface area contributed by atoms with Gasteiger partial charge in [-0.15, -0.1) is 0 Å². The lowest BCUT2D eigenvalue weighted by Gasteiger charge is -2.36. The number of ether oxygens (including phenoxy) is 1. The molecule has 186 valence electrons. The van der Waals surface area contributed by atoms with E-state index in [0.717, 1.165) is 22.4 Å². The molecule has 0 radical (unpaired) electrons. The molecule has 1 heterocycles. The van der Waals surface area contributed by atoms with E-state index >= 15 is 0 Å². The van der Waals surface area contributed by atoms with E-state index in [9.17, 15) is 9.59 Å². The number of nitrogens with zero attached hydrogens (tertiary/aromatic N) is 2. The van der Waals surface area contributed by atoms with E-state index < -0.39 is 0 Å². The normalized spacial score (nSPS) is 13.6. The number of nitrogens with one attached hydrogen (secondary N) is 1. The molecule has 0 spiro atoms. The van der Waals surface area contributed by atoms with Crippen LogP contribution < -0.4 is 15.0 Å². The third-order valence-corrected chi connectivity index (χ3v) is 6.53. The van der Waals surface area contributed by atoms with Gasteiger partial charge in [-0.25, -0.2) is 0 Å². The predicted octanol–water partition coefficient (Wildman–Crippen LogP) is 5.34. The highest BCUT2D eigenvalue weighted by Gasteiger charge is 2.22. The Kier molecular flexibility index (Phi) is 8.28. The lowest BCUT2D eigenvalue weighted by molar-refractivity contribution is -0.126. The summed E-state index contributed by atoms with van der Waals surface area (Å²) >= 11 is 6.24. The molecular weight excluding hydrogens is 474 g/mol. The monoisotopic (exact) mass is 503 g/mol. The van der Waals surface area contributed by atoms with Crippen LogP contribution in [0, 0.1) is 13.8 Å². The van der Waals surface area contributed by atoms with Gasteiger partial charge < -0.3 is 19.9 Å². The van der Waals surface area contributed by atoms with E-state index in [2.05, 4.69) is 10.2 Å². The average molecular weight is 504 g/mol. The minimum absolute atomic E-state index is 0.00766. The number of hydrogen-bond acceptors (Lipinski definition) is 4. The molecule has 3 aromatic rings. The second-order valence-corrected chi connectivity index (χ2v) is 9.19. The number of carbonyl (C=O) groups is 2. The van der Waals surface area contributed by atoms with E-state index in [0.29, 0.717) is 42.6 Å². The molecule has 0 atom stereocenters. The van der Waals surface area contributed by atoms with Crippen LogP contribution in [0.25, 0.3) is 6.08 Å². The highest BCUT2D eigenvalue weighted by Crippen LogP contribution is 2.30. The molecule has 1 aliphatic rings. The van der Waals surface area contributed by atoms with Gasteiger partial charge in [0.2, 0.25) is 5.91 Å². The van der Waals surface area contributed by atoms with E-state index in [4.69, 9.17) is 16.3 Å². The number of carbonyl (C=O) groups excluding carboxylic acids is 2. The second kappa shape index (κ2) is 11.8. The zero-order valence-electron chi connectivity index (χ0n) is 20.5. The van der Waals surface area contributed by atoms with Gasteiger partial charge in [0.1, 0.15) is 5.75 Å². The summed E-state index contributed by atoms with van der Waals surface area (Å²) in [5.74, 6) is 0.421. The Hall–Kier alpha value is -3.77. The Balaban J connectivity index is 1.36. The van der Waals surface area contributed by atoms with Gasteiger partial charge in [0, 0.05) is 37.3 Å². The lowest BCUT2D eigenvalue weighted by atomic mass is 10.1. The summed E-state index contributed by atoms with van der Waals surface area (Å²) in [5.41, 5.74) is 4.61. The van der Waals surface area contributed by atoms with E-state index in [-0.39, 0.29) is 18.4 Å². The van der Waals surface area contributed by atoms with Crippen molar-refractivity contribution in [3.63, 3.8) is 0 Å². The zero-order valence-corrected chi connectivity index (χ0v) is 21.3. The topological polar surface area (TPSA) is 61.9 Å². The van der Waals surface area contributed by atoms with E-state index in [1.807, 2.05) is 79.4 Å². The predicted molar refractivity (Wildman–Crippen MR) is 146 cm³/mol. The van der Waals surface area contributed by atoms with Crippen molar-refractivity contribution in [2.45, 2.75) is 13.8 Å². The summed E-state index contributed by atoms with van der Waals surface area (Å²) in [4.78, 5) is 29.3. The van der Waals surface area contributed by atoms with Gasteiger partial charge in [0.15, 0.2) is 6.61 Å². The first-order chi connectivity index (χ1) is 17.4. The molecule has 3 aromatic carbocycles. The van der Waals surface area contributed by atoms with Gasteiger partial charge in [0.25, 0.3) is 5.91 Å². The molecule has 36 heavy (non-hydrogen) atoms. The van der Waals surface area contributed by atoms with Gasteiger partial charge in [-0.3, -0.25) is 9.59 Å². The molecular formula is C29H30ClN3O3. The fourth-order valence-corrected chi connectivity index (χ4v) is 4.27. The van der Waals surface area contributed by atoms with E-state index in [1.54, 1.807) is 18.2 Å². The molecule has 6 nitrogen and oxygen atoms in total. The Morgan fingerprint density at radius 2 is 1.72 bits per heavy atom. The molecule has 0 aromatic heterocycles. The first-order valence-electron chi connectivity index (χ1n) is 12.0. The lowest BCUT2D eigenvalue weighted by Crippen LogP contribution is -2.48. The van der Waals surface area contributed by atoms with Crippen LogP contribution in [0.4, 0.5) is 11.4 Å². The molecule has 0 aliphatic carbocycles. The Morgan fingerprint density at radius 1 is 0.972 bits per heavy atom. The molecule has 1 fully saturated rings. The maximum Gasteiger partial charge on any atom is 0.262 e. The molecule has 7 heteroatoms. The quantitative estimate of drug-likeness (QED) is 0.442. The summed E-state index contributed by atoms with van der Waals surface area (Å²) in [7, 11) is 0. The van der Waals surface area contributed by atoms with Gasteiger partial charge in [-0.2, -0.15) is 0 Å². The van der Waals surface area contributed by atoms with Crippen molar-refractivity contribution >= 4 is 40.9 Å². The second-order valence-electron chi connectivity index (χ2n) is 8.75. The summed E-state index contributed by atoms with van der Waals surface area (Å²) in [6.45, 7) is 6.34. The highest BCUT2D eigenvalue weighted by atomic mass is 35.5. The van der Waals surface area contributed by atoms with Gasteiger partial charge in [-0.1, -0.05) is 54.1 Å². The highest BCUT2D eigenvalue weighted by molar-refractivity contribution is 6.31. The summed E-state index contributed by atoms with van der Waals surface area (Å²) in [6, 6.07) is 21.0. The number of piperazine rings is 1. The van der Waals surface area contributed by atoms with Crippen molar-refractivity contribution in [2.75, 3.05) is 43.0 Å². The maximum atomic E-state index is 12.7. The van der Waals surface area contributed by atoms with E-state index in [1.165, 1.54) is 0 Å². The van der Waals surface area contributed by atoms with Crippen LogP contribution >= 0.6 is 11.6 Å². The Labute approximate surface area is 217 Å². The molecule has 1 N–H and O–H groups in total. The smallest absolute Gasteiger partial charge is 0.262 e. The molecule has 2 amide bonds. The first-order valence-corrected chi connectivity index (χ1v) is 12.3. The minimum atomic E-state index is -0.265. The van der Waals surface area contributed by atoms with Gasteiger partial charge in [0.05, 0.1) is 11.4 Å². The Bertz CT molecular complexity index is 1250. The third kappa shape index (κ3) is 6.46. The van der Waals surface area contributed by atoms with Crippen molar-refractivity contribution in [1.82, 2.24) is 4.90 Å². The number of anilines is 2. The molecule has 1 saturated heterocycles. The van der Waals surface area contributed by atoms with Crippen molar-refractivity contribution < 1.29 is 14.3 Å². The molecule has 4 rings (SSSR count). The van der Waals surface area contributed by atoms with Crippen LogP contribution in [0.15, 0.2) is 72.8 Å². The van der Waals surface area contributed by atoms with Crippen LogP contribution in [0.5, 0.6) is 5.75 Å².